The van der Waals surface area contributed by atoms with Crippen LogP contribution in [-0.2, 0) is 0 Å². The molecule has 2 rings (SSSR count). The van der Waals surface area contributed by atoms with E-state index in [9.17, 15) is 0 Å². The van der Waals surface area contributed by atoms with Gasteiger partial charge in [0.2, 0.25) is 0 Å². The highest BCUT2D eigenvalue weighted by Crippen LogP contribution is 2.22. The molecule has 0 aliphatic rings. The SMILES string of the molecule is Cc1cnc2ncccc2c1Cl. The van der Waals surface area contributed by atoms with E-state index in [0.29, 0.717) is 5.65 Å². The predicted molar refractivity (Wildman–Crippen MR) is 49.3 cm³/mol. The second-order valence-corrected chi connectivity index (χ2v) is 3.01. The fourth-order valence-corrected chi connectivity index (χ4v) is 1.29. The van der Waals surface area contributed by atoms with Gasteiger partial charge in [0.15, 0.2) is 5.65 Å². The zero-order valence-corrected chi connectivity index (χ0v) is 7.34. The number of aryl methyl sites for hydroxylation is 1. The van der Waals surface area contributed by atoms with Crippen LogP contribution in [0.5, 0.6) is 0 Å². The highest BCUT2D eigenvalue weighted by molar-refractivity contribution is 6.35. The summed E-state index contributed by atoms with van der Waals surface area (Å²) >= 11 is 6.05. The number of nitrogens with zero attached hydrogens (tertiary/aromatic N) is 2. The van der Waals surface area contributed by atoms with Crippen LogP contribution in [0.3, 0.4) is 0 Å². The van der Waals surface area contributed by atoms with Crippen molar-refractivity contribution in [3.63, 3.8) is 0 Å². The average molecular weight is 179 g/mol. The molecule has 2 aromatic heterocycles. The predicted octanol–water partition coefficient (Wildman–Crippen LogP) is 2.59. The number of halogens is 1. The van der Waals surface area contributed by atoms with Crippen LogP contribution < -0.4 is 0 Å². The Hall–Kier alpha value is -1.15. The topological polar surface area (TPSA) is 25.8 Å². The maximum Gasteiger partial charge on any atom is 0.160 e. The summed E-state index contributed by atoms with van der Waals surface area (Å²) in [4.78, 5) is 8.23. The quantitative estimate of drug-likeness (QED) is 0.620. The molecule has 0 saturated carbocycles. The summed E-state index contributed by atoms with van der Waals surface area (Å²) in [6, 6.07) is 3.78. The van der Waals surface area contributed by atoms with Gasteiger partial charge in [-0.05, 0) is 24.6 Å². The van der Waals surface area contributed by atoms with Crippen molar-refractivity contribution in [2.75, 3.05) is 0 Å². The summed E-state index contributed by atoms with van der Waals surface area (Å²) in [7, 11) is 0. The molecule has 0 bridgehead atoms. The van der Waals surface area contributed by atoms with Crippen LogP contribution in [0.1, 0.15) is 5.56 Å². The summed E-state index contributed by atoms with van der Waals surface area (Å²) in [6.07, 6.45) is 3.44. The molecule has 2 aromatic rings. The van der Waals surface area contributed by atoms with Crippen molar-refractivity contribution < 1.29 is 0 Å². The van der Waals surface area contributed by atoms with E-state index in [-0.39, 0.29) is 0 Å². The Labute approximate surface area is 75.2 Å². The number of hydrogen-bond donors (Lipinski definition) is 0. The van der Waals surface area contributed by atoms with Gasteiger partial charge in [0.1, 0.15) is 0 Å². The number of fused-ring (bicyclic) bond motifs is 1. The molecule has 0 spiro atoms. The molecule has 0 N–H and O–H groups in total. The zero-order valence-electron chi connectivity index (χ0n) is 6.58. The highest BCUT2D eigenvalue weighted by atomic mass is 35.5. The third-order valence-electron chi connectivity index (χ3n) is 1.75. The Morgan fingerprint density at radius 1 is 1.33 bits per heavy atom. The maximum atomic E-state index is 6.05. The number of aromatic nitrogens is 2. The molecule has 0 aromatic carbocycles. The molecule has 0 radical (unpaired) electrons. The first-order chi connectivity index (χ1) is 5.79. The van der Waals surface area contributed by atoms with Gasteiger partial charge >= 0.3 is 0 Å². The number of pyridine rings is 2. The van der Waals surface area contributed by atoms with E-state index in [0.717, 1.165) is 16.0 Å². The number of hydrogen-bond acceptors (Lipinski definition) is 2. The molecule has 3 heteroatoms. The number of rotatable bonds is 0. The maximum absolute atomic E-state index is 6.05. The minimum atomic E-state index is 0.702. The van der Waals surface area contributed by atoms with Crippen molar-refractivity contribution >= 4 is 22.6 Å². The van der Waals surface area contributed by atoms with Gasteiger partial charge in [-0.25, -0.2) is 9.97 Å². The molecule has 2 heterocycles. The van der Waals surface area contributed by atoms with Crippen LogP contribution >= 0.6 is 11.6 Å². The lowest BCUT2D eigenvalue weighted by molar-refractivity contribution is 1.26. The lowest BCUT2D eigenvalue weighted by Crippen LogP contribution is -1.85. The second kappa shape index (κ2) is 2.72. The average Bonchev–Trinajstić information content (AvgIpc) is 2.12. The smallest absolute Gasteiger partial charge is 0.160 e. The van der Waals surface area contributed by atoms with E-state index in [1.54, 1.807) is 12.4 Å². The fraction of sp³-hybridized carbons (Fsp3) is 0.111. The van der Waals surface area contributed by atoms with Gasteiger partial charge in [-0.1, -0.05) is 11.6 Å². The van der Waals surface area contributed by atoms with Crippen LogP contribution in [0.2, 0.25) is 5.02 Å². The van der Waals surface area contributed by atoms with E-state index in [1.165, 1.54) is 0 Å². The molecule has 0 unspecified atom stereocenters. The van der Waals surface area contributed by atoms with E-state index >= 15 is 0 Å². The van der Waals surface area contributed by atoms with E-state index in [4.69, 9.17) is 11.6 Å². The minimum Gasteiger partial charge on any atom is -0.237 e. The van der Waals surface area contributed by atoms with Gasteiger partial charge < -0.3 is 0 Å². The first-order valence-corrected chi connectivity index (χ1v) is 4.02. The Balaban J connectivity index is 2.91. The molecule has 0 aliphatic carbocycles. The van der Waals surface area contributed by atoms with Crippen molar-refractivity contribution in [2.24, 2.45) is 0 Å². The largest absolute Gasteiger partial charge is 0.237 e. The molecule has 60 valence electrons. The van der Waals surface area contributed by atoms with Gasteiger partial charge in [-0.15, -0.1) is 0 Å². The van der Waals surface area contributed by atoms with E-state index in [2.05, 4.69) is 9.97 Å². The molecular formula is C9H7ClN2. The van der Waals surface area contributed by atoms with Crippen LogP contribution in [-0.4, -0.2) is 9.97 Å². The van der Waals surface area contributed by atoms with Crippen LogP contribution in [0.25, 0.3) is 11.0 Å². The summed E-state index contributed by atoms with van der Waals surface area (Å²) in [5.41, 5.74) is 1.69. The molecular weight excluding hydrogens is 172 g/mol. The first-order valence-electron chi connectivity index (χ1n) is 3.65. The monoisotopic (exact) mass is 178 g/mol. The van der Waals surface area contributed by atoms with Crippen molar-refractivity contribution in [3.8, 4) is 0 Å². The van der Waals surface area contributed by atoms with Crippen molar-refractivity contribution in [1.29, 1.82) is 0 Å². The van der Waals surface area contributed by atoms with E-state index in [1.807, 2.05) is 19.1 Å². The first kappa shape index (κ1) is 7.50. The summed E-state index contributed by atoms with van der Waals surface area (Å²) < 4.78 is 0. The fourth-order valence-electron chi connectivity index (χ4n) is 1.10. The Morgan fingerprint density at radius 3 is 3.00 bits per heavy atom. The van der Waals surface area contributed by atoms with Gasteiger partial charge in [0, 0.05) is 17.8 Å². The molecule has 2 nitrogen and oxygen atoms in total. The zero-order chi connectivity index (χ0) is 8.55. The molecule has 0 aliphatic heterocycles. The van der Waals surface area contributed by atoms with Gasteiger partial charge in [-0.3, -0.25) is 0 Å². The Kier molecular flexibility index (Phi) is 1.70. The Bertz CT molecular complexity index is 426. The molecule has 12 heavy (non-hydrogen) atoms. The minimum absolute atomic E-state index is 0.702. The van der Waals surface area contributed by atoms with Gasteiger partial charge in [0.05, 0.1) is 5.02 Å². The Morgan fingerprint density at radius 2 is 2.17 bits per heavy atom. The summed E-state index contributed by atoms with van der Waals surface area (Å²) in [5, 5.41) is 1.66. The normalized spacial score (nSPS) is 10.5. The van der Waals surface area contributed by atoms with Crippen LogP contribution in [0, 0.1) is 6.92 Å². The molecule has 0 saturated heterocycles. The molecule has 0 amide bonds. The highest BCUT2D eigenvalue weighted by Gasteiger charge is 2.02. The van der Waals surface area contributed by atoms with Crippen LogP contribution in [0.4, 0.5) is 0 Å². The summed E-state index contributed by atoms with van der Waals surface area (Å²) in [6.45, 7) is 1.93. The molecule has 0 atom stereocenters. The van der Waals surface area contributed by atoms with Crippen molar-refractivity contribution in [1.82, 2.24) is 9.97 Å². The third kappa shape index (κ3) is 1.04. The second-order valence-electron chi connectivity index (χ2n) is 2.63. The lowest BCUT2D eigenvalue weighted by atomic mass is 10.2. The van der Waals surface area contributed by atoms with Crippen LogP contribution in [0.15, 0.2) is 24.5 Å². The van der Waals surface area contributed by atoms with Gasteiger partial charge in [-0.2, -0.15) is 0 Å². The van der Waals surface area contributed by atoms with Crippen molar-refractivity contribution in [2.45, 2.75) is 6.92 Å². The summed E-state index contributed by atoms with van der Waals surface area (Å²) in [5.74, 6) is 0. The van der Waals surface area contributed by atoms with Gasteiger partial charge in [0.25, 0.3) is 0 Å². The van der Waals surface area contributed by atoms with E-state index < -0.39 is 0 Å². The standard InChI is InChI=1S/C9H7ClN2/c1-6-5-12-9-7(8(6)10)3-2-4-11-9/h2-5H,1H3. The van der Waals surface area contributed by atoms with Crippen molar-refractivity contribution in [3.05, 3.63) is 35.1 Å². The third-order valence-corrected chi connectivity index (χ3v) is 2.25. The molecule has 0 fully saturated rings. The lowest BCUT2D eigenvalue weighted by Gasteiger charge is -2.00.